The minimum Gasteiger partial charge on any atom is -0.338 e. The van der Waals surface area contributed by atoms with Crippen molar-refractivity contribution in [2.75, 3.05) is 26.2 Å². The number of nitrogens with zero attached hydrogens (tertiary/aromatic N) is 4. The minimum absolute atomic E-state index is 0.0416. The molecule has 1 aromatic heterocycles. The Labute approximate surface area is 179 Å². The van der Waals surface area contributed by atoms with E-state index in [0.717, 1.165) is 29.3 Å². The molecule has 8 heteroatoms. The van der Waals surface area contributed by atoms with Crippen LogP contribution in [0.2, 0.25) is 0 Å². The molecule has 0 unspecified atom stereocenters. The molecule has 2 fully saturated rings. The molecule has 0 bridgehead atoms. The molecule has 1 saturated carbocycles. The van der Waals surface area contributed by atoms with Gasteiger partial charge in [0.1, 0.15) is 5.82 Å². The average Bonchev–Trinajstić information content (AvgIpc) is 3.41. The maximum atomic E-state index is 14.9. The third-order valence-electron chi connectivity index (χ3n) is 6.22. The van der Waals surface area contributed by atoms with E-state index in [4.69, 9.17) is 5.73 Å². The fourth-order valence-corrected chi connectivity index (χ4v) is 4.13. The molecule has 0 spiro atoms. The van der Waals surface area contributed by atoms with E-state index in [1.165, 1.54) is 12.1 Å². The number of aryl methyl sites for hydroxylation is 1. The first-order valence-corrected chi connectivity index (χ1v) is 10.4. The number of rotatable bonds is 3. The van der Waals surface area contributed by atoms with Gasteiger partial charge in [-0.05, 0) is 42.2 Å². The number of carbonyl (C=O) groups is 2. The second-order valence-electron chi connectivity index (χ2n) is 8.51. The van der Waals surface area contributed by atoms with E-state index in [1.54, 1.807) is 20.5 Å². The van der Waals surface area contributed by atoms with E-state index in [0.29, 0.717) is 31.7 Å². The number of hydrogen-bond donors (Lipinski definition) is 1. The van der Waals surface area contributed by atoms with Crippen molar-refractivity contribution >= 4 is 22.7 Å². The molecule has 1 aliphatic carbocycles. The number of amides is 2. The number of carbonyl (C=O) groups excluding carboxylic acids is 2. The smallest absolute Gasteiger partial charge is 0.256 e. The summed E-state index contributed by atoms with van der Waals surface area (Å²) in [5.74, 6) is -0.953. The number of piperazine rings is 1. The van der Waals surface area contributed by atoms with Crippen LogP contribution in [-0.2, 0) is 11.8 Å². The van der Waals surface area contributed by atoms with Gasteiger partial charge in [-0.15, -0.1) is 0 Å². The van der Waals surface area contributed by atoms with Gasteiger partial charge in [-0.1, -0.05) is 18.2 Å². The summed E-state index contributed by atoms with van der Waals surface area (Å²) in [4.78, 5) is 28.6. The first-order chi connectivity index (χ1) is 14.8. The first-order valence-electron chi connectivity index (χ1n) is 10.4. The summed E-state index contributed by atoms with van der Waals surface area (Å²) in [5.41, 5.74) is 7.69. The lowest BCUT2D eigenvalue weighted by atomic mass is 10.0. The highest BCUT2D eigenvalue weighted by molar-refractivity contribution is 5.96. The largest absolute Gasteiger partial charge is 0.338 e. The number of fused-ring (bicyclic) bond motifs is 1. The van der Waals surface area contributed by atoms with Gasteiger partial charge in [0, 0.05) is 44.8 Å². The third-order valence-corrected chi connectivity index (χ3v) is 6.22. The van der Waals surface area contributed by atoms with E-state index >= 15 is 0 Å². The zero-order chi connectivity index (χ0) is 21.8. The summed E-state index contributed by atoms with van der Waals surface area (Å²) in [6.45, 7) is 1.59. The minimum atomic E-state index is -0.702. The molecule has 0 atom stereocenters. The van der Waals surface area contributed by atoms with Crippen LogP contribution in [0.25, 0.3) is 22.0 Å². The van der Waals surface area contributed by atoms with E-state index in [-0.39, 0.29) is 17.4 Å². The Kier molecular flexibility index (Phi) is 4.55. The van der Waals surface area contributed by atoms with Crippen LogP contribution in [0.15, 0.2) is 42.6 Å². The first kappa shape index (κ1) is 19.7. The van der Waals surface area contributed by atoms with Gasteiger partial charge in [0.05, 0.1) is 16.6 Å². The van der Waals surface area contributed by atoms with Crippen molar-refractivity contribution in [3.63, 3.8) is 0 Å². The topological polar surface area (TPSA) is 84.5 Å². The van der Waals surface area contributed by atoms with Crippen molar-refractivity contribution in [2.45, 2.75) is 18.4 Å². The molecule has 2 amide bonds. The van der Waals surface area contributed by atoms with Crippen molar-refractivity contribution < 1.29 is 14.0 Å². The zero-order valence-electron chi connectivity index (χ0n) is 17.3. The lowest BCUT2D eigenvalue weighted by molar-refractivity contribution is -0.135. The van der Waals surface area contributed by atoms with Crippen LogP contribution in [0.5, 0.6) is 0 Å². The van der Waals surface area contributed by atoms with Gasteiger partial charge in [-0.25, -0.2) is 4.39 Å². The number of nitrogens with two attached hydrogens (primary N) is 1. The van der Waals surface area contributed by atoms with Crippen molar-refractivity contribution in [1.29, 1.82) is 0 Å². The van der Waals surface area contributed by atoms with Gasteiger partial charge >= 0.3 is 0 Å². The fourth-order valence-electron chi connectivity index (χ4n) is 4.13. The van der Waals surface area contributed by atoms with Crippen molar-refractivity contribution in [1.82, 2.24) is 19.6 Å². The summed E-state index contributed by atoms with van der Waals surface area (Å²) in [7, 11) is 1.86. The van der Waals surface area contributed by atoms with Crippen LogP contribution in [0.4, 0.5) is 4.39 Å². The predicted octanol–water partition coefficient (Wildman–Crippen LogP) is 2.16. The highest BCUT2D eigenvalue weighted by Gasteiger charge is 2.48. The lowest BCUT2D eigenvalue weighted by Gasteiger charge is -2.36. The Morgan fingerprint density at radius 1 is 1.00 bits per heavy atom. The number of halogens is 1. The average molecular weight is 421 g/mol. The SMILES string of the molecule is Cn1cc2ccc(-c3ccc(C(=O)N4CCN(C(=O)C5(N)CC5)CC4)c(F)c3)cc2n1. The Morgan fingerprint density at radius 3 is 2.32 bits per heavy atom. The summed E-state index contributed by atoms with van der Waals surface area (Å²) >= 11 is 0. The molecule has 31 heavy (non-hydrogen) atoms. The number of aromatic nitrogens is 2. The Balaban J connectivity index is 1.30. The summed E-state index contributed by atoms with van der Waals surface area (Å²) in [6.07, 6.45) is 3.36. The molecule has 3 aromatic rings. The predicted molar refractivity (Wildman–Crippen MR) is 115 cm³/mol. The number of hydrogen-bond acceptors (Lipinski definition) is 4. The normalized spacial score (nSPS) is 17.8. The molecule has 1 saturated heterocycles. The maximum Gasteiger partial charge on any atom is 0.256 e. The monoisotopic (exact) mass is 421 g/mol. The summed E-state index contributed by atoms with van der Waals surface area (Å²) < 4.78 is 16.6. The van der Waals surface area contributed by atoms with E-state index in [1.807, 2.05) is 31.4 Å². The van der Waals surface area contributed by atoms with Crippen molar-refractivity contribution in [2.24, 2.45) is 12.8 Å². The quantitative estimate of drug-likeness (QED) is 0.702. The molecule has 2 aliphatic rings. The van der Waals surface area contributed by atoms with E-state index in [2.05, 4.69) is 5.10 Å². The Hall–Kier alpha value is -3.26. The zero-order valence-corrected chi connectivity index (χ0v) is 17.3. The van der Waals surface area contributed by atoms with Crippen LogP contribution in [0.1, 0.15) is 23.2 Å². The second kappa shape index (κ2) is 7.16. The molecule has 7 nitrogen and oxygen atoms in total. The van der Waals surface area contributed by atoms with Crippen molar-refractivity contribution in [3.8, 4) is 11.1 Å². The van der Waals surface area contributed by atoms with Gasteiger partial charge in [0.15, 0.2) is 0 Å². The van der Waals surface area contributed by atoms with Crippen LogP contribution in [0, 0.1) is 5.82 Å². The van der Waals surface area contributed by atoms with Crippen molar-refractivity contribution in [3.05, 3.63) is 54.0 Å². The standard InChI is InChI=1S/C23H24FN5O2/c1-27-14-17-3-2-16(13-20(17)26-27)15-4-5-18(19(24)12-15)21(30)28-8-10-29(11-9-28)22(31)23(25)6-7-23/h2-5,12-14H,6-11,25H2,1H3. The molecule has 160 valence electrons. The van der Waals surface area contributed by atoms with Gasteiger partial charge < -0.3 is 15.5 Å². The van der Waals surface area contributed by atoms with Crippen LogP contribution < -0.4 is 5.73 Å². The molecule has 5 rings (SSSR count). The van der Waals surface area contributed by atoms with Crippen LogP contribution >= 0.6 is 0 Å². The Bertz CT molecular complexity index is 1190. The summed E-state index contributed by atoms with van der Waals surface area (Å²) in [6, 6.07) is 10.5. The number of benzene rings is 2. The van der Waals surface area contributed by atoms with Gasteiger partial charge in [-0.3, -0.25) is 14.3 Å². The highest BCUT2D eigenvalue weighted by Crippen LogP contribution is 2.34. The molecule has 1 aliphatic heterocycles. The van der Waals surface area contributed by atoms with Crippen LogP contribution in [0.3, 0.4) is 0 Å². The van der Waals surface area contributed by atoms with Gasteiger partial charge in [-0.2, -0.15) is 5.10 Å². The second-order valence-corrected chi connectivity index (χ2v) is 8.51. The third kappa shape index (κ3) is 3.57. The fraction of sp³-hybridized carbons (Fsp3) is 0.348. The molecule has 0 radical (unpaired) electrons. The van der Waals surface area contributed by atoms with Gasteiger partial charge in [0.25, 0.3) is 5.91 Å². The van der Waals surface area contributed by atoms with Gasteiger partial charge in [0.2, 0.25) is 5.91 Å². The Morgan fingerprint density at radius 2 is 1.65 bits per heavy atom. The summed E-state index contributed by atoms with van der Waals surface area (Å²) in [5, 5.41) is 5.40. The maximum absolute atomic E-state index is 14.9. The molecule has 2 heterocycles. The molecule has 2 N–H and O–H groups in total. The molecule has 2 aromatic carbocycles. The lowest BCUT2D eigenvalue weighted by Crippen LogP contribution is -2.55. The molecular formula is C23H24FN5O2. The van der Waals surface area contributed by atoms with E-state index in [9.17, 15) is 14.0 Å². The molecular weight excluding hydrogens is 397 g/mol. The highest BCUT2D eigenvalue weighted by atomic mass is 19.1. The van der Waals surface area contributed by atoms with E-state index < -0.39 is 11.4 Å². The van der Waals surface area contributed by atoms with Crippen LogP contribution in [-0.4, -0.2) is 63.1 Å².